The van der Waals surface area contributed by atoms with Crippen LogP contribution in [-0.2, 0) is 4.79 Å². The molecule has 1 fully saturated rings. The third-order valence-corrected chi connectivity index (χ3v) is 3.82. The van der Waals surface area contributed by atoms with Crippen LogP contribution in [0.5, 0.6) is 0 Å². The maximum absolute atomic E-state index is 11.4. The molecule has 1 amide bonds. The van der Waals surface area contributed by atoms with Crippen LogP contribution in [0.25, 0.3) is 0 Å². The van der Waals surface area contributed by atoms with Gasteiger partial charge in [0.15, 0.2) is 0 Å². The van der Waals surface area contributed by atoms with Crippen molar-refractivity contribution in [3.63, 3.8) is 0 Å². The lowest BCUT2D eigenvalue weighted by molar-refractivity contribution is -0.126. The summed E-state index contributed by atoms with van der Waals surface area (Å²) in [6.07, 6.45) is 5.16. The topological polar surface area (TPSA) is 58.4 Å². The van der Waals surface area contributed by atoms with Crippen molar-refractivity contribution >= 4 is 5.91 Å². The molecule has 0 heterocycles. The van der Waals surface area contributed by atoms with E-state index in [0.29, 0.717) is 6.04 Å². The monoisotopic (exact) mass is 213 g/mol. The Bertz CT molecular complexity index is 214. The quantitative estimate of drug-likeness (QED) is 0.414. The van der Waals surface area contributed by atoms with Gasteiger partial charge in [0.25, 0.3) is 0 Å². The van der Waals surface area contributed by atoms with E-state index < -0.39 is 0 Å². The van der Waals surface area contributed by atoms with Crippen LogP contribution in [0.2, 0.25) is 0 Å². The second-order valence-corrected chi connectivity index (χ2v) is 4.64. The minimum absolute atomic E-state index is 0.0550. The van der Waals surface area contributed by atoms with Crippen molar-refractivity contribution in [2.24, 2.45) is 11.8 Å². The van der Waals surface area contributed by atoms with E-state index in [1.165, 1.54) is 25.7 Å². The number of rotatable bonds is 4. The molecule has 0 saturated heterocycles. The van der Waals surface area contributed by atoms with Gasteiger partial charge in [-0.1, -0.05) is 19.8 Å². The van der Waals surface area contributed by atoms with Crippen molar-refractivity contribution < 1.29 is 4.79 Å². The Morgan fingerprint density at radius 3 is 2.40 bits per heavy atom. The molecule has 0 spiro atoms. The van der Waals surface area contributed by atoms with Crippen molar-refractivity contribution in [2.45, 2.75) is 51.6 Å². The van der Waals surface area contributed by atoms with Crippen LogP contribution >= 0.6 is 0 Å². The van der Waals surface area contributed by atoms with Crippen LogP contribution in [0.3, 0.4) is 0 Å². The predicted molar refractivity (Wildman–Crippen MR) is 61.0 cm³/mol. The van der Waals surface area contributed by atoms with Gasteiger partial charge in [0.1, 0.15) is 0 Å². The molecule has 0 aliphatic heterocycles. The molecule has 0 aromatic carbocycles. The molecule has 1 saturated carbocycles. The second kappa shape index (κ2) is 5.47. The highest BCUT2D eigenvalue weighted by molar-refractivity contribution is 5.78. The highest BCUT2D eigenvalue weighted by atomic mass is 16.2. The van der Waals surface area contributed by atoms with Crippen LogP contribution in [0.15, 0.2) is 0 Å². The number of nitrogens with two attached hydrogens (primary N) is 1. The molecule has 88 valence electrons. The van der Waals surface area contributed by atoms with Gasteiger partial charge in [-0.3, -0.25) is 15.1 Å². The van der Waals surface area contributed by atoms with Crippen molar-refractivity contribution in [1.82, 2.24) is 10.3 Å². The Hall–Kier alpha value is -0.610. The average Bonchev–Trinajstić information content (AvgIpc) is 2.78. The summed E-state index contributed by atoms with van der Waals surface area (Å²) in [4.78, 5) is 13.7. The van der Waals surface area contributed by atoms with Crippen molar-refractivity contribution in [2.75, 3.05) is 7.05 Å². The van der Waals surface area contributed by atoms with E-state index in [4.69, 9.17) is 5.84 Å². The molecular weight excluding hydrogens is 190 g/mol. The number of hydrogen-bond donors (Lipinski definition) is 2. The smallest absolute Gasteiger partial charge is 0.238 e. The first-order valence-electron chi connectivity index (χ1n) is 5.80. The summed E-state index contributed by atoms with van der Waals surface area (Å²) < 4.78 is 0. The Morgan fingerprint density at radius 1 is 1.40 bits per heavy atom. The molecule has 4 nitrogen and oxygen atoms in total. The van der Waals surface area contributed by atoms with Crippen LogP contribution in [0.1, 0.15) is 39.5 Å². The first-order valence-corrected chi connectivity index (χ1v) is 5.80. The van der Waals surface area contributed by atoms with Crippen LogP contribution < -0.4 is 11.3 Å². The standard InChI is InChI=1S/C11H23N3O/c1-8(11(15)13-12)9(2)14(3)10-6-4-5-7-10/h8-10H,4-7,12H2,1-3H3,(H,13,15). The molecule has 1 aliphatic rings. The van der Waals surface area contributed by atoms with Crippen LogP contribution in [0, 0.1) is 5.92 Å². The molecule has 0 aromatic heterocycles. The molecule has 15 heavy (non-hydrogen) atoms. The molecule has 1 rings (SSSR count). The summed E-state index contributed by atoms with van der Waals surface area (Å²) in [5.41, 5.74) is 2.23. The van der Waals surface area contributed by atoms with E-state index in [1.54, 1.807) is 0 Å². The van der Waals surface area contributed by atoms with Gasteiger partial charge >= 0.3 is 0 Å². The van der Waals surface area contributed by atoms with Gasteiger partial charge in [0, 0.05) is 12.1 Å². The van der Waals surface area contributed by atoms with Gasteiger partial charge < -0.3 is 0 Å². The van der Waals surface area contributed by atoms with E-state index in [2.05, 4.69) is 24.3 Å². The van der Waals surface area contributed by atoms with Gasteiger partial charge in [-0.2, -0.15) is 0 Å². The Labute approximate surface area is 92.2 Å². The number of carbonyl (C=O) groups excluding carboxylic acids is 1. The average molecular weight is 213 g/mol. The lowest BCUT2D eigenvalue weighted by Gasteiger charge is -2.33. The lowest BCUT2D eigenvalue weighted by atomic mass is 10.00. The molecule has 0 bridgehead atoms. The first kappa shape index (κ1) is 12.5. The Balaban J connectivity index is 2.50. The Kier molecular flexibility index (Phi) is 4.54. The molecule has 2 atom stereocenters. The fraction of sp³-hybridized carbons (Fsp3) is 0.909. The van der Waals surface area contributed by atoms with Gasteiger partial charge in [-0.25, -0.2) is 5.84 Å². The summed E-state index contributed by atoms with van der Waals surface area (Å²) in [6.45, 7) is 4.02. The maximum atomic E-state index is 11.4. The lowest BCUT2D eigenvalue weighted by Crippen LogP contribution is -2.47. The zero-order chi connectivity index (χ0) is 11.4. The highest BCUT2D eigenvalue weighted by Crippen LogP contribution is 2.25. The van der Waals surface area contributed by atoms with E-state index in [-0.39, 0.29) is 17.9 Å². The van der Waals surface area contributed by atoms with Crippen molar-refractivity contribution in [3.05, 3.63) is 0 Å². The molecule has 0 aromatic rings. The van der Waals surface area contributed by atoms with Crippen molar-refractivity contribution in [3.8, 4) is 0 Å². The third kappa shape index (κ3) is 2.92. The number of hydrazine groups is 1. The second-order valence-electron chi connectivity index (χ2n) is 4.64. The van der Waals surface area contributed by atoms with E-state index >= 15 is 0 Å². The normalized spacial score (nSPS) is 21.7. The van der Waals surface area contributed by atoms with Gasteiger partial charge in [0.05, 0.1) is 5.92 Å². The third-order valence-electron chi connectivity index (χ3n) is 3.82. The molecule has 3 N–H and O–H groups in total. The fourth-order valence-electron chi connectivity index (χ4n) is 2.35. The zero-order valence-electron chi connectivity index (χ0n) is 9.99. The summed E-state index contributed by atoms with van der Waals surface area (Å²) in [7, 11) is 2.11. The summed E-state index contributed by atoms with van der Waals surface area (Å²) in [6, 6.07) is 0.893. The summed E-state index contributed by atoms with van der Waals surface area (Å²) >= 11 is 0. The van der Waals surface area contributed by atoms with Gasteiger partial charge in [-0.15, -0.1) is 0 Å². The molecule has 1 aliphatic carbocycles. The maximum Gasteiger partial charge on any atom is 0.238 e. The van der Waals surface area contributed by atoms with Crippen molar-refractivity contribution in [1.29, 1.82) is 0 Å². The largest absolute Gasteiger partial charge is 0.300 e. The van der Waals surface area contributed by atoms with Gasteiger partial charge in [0.2, 0.25) is 5.91 Å². The fourth-order valence-corrected chi connectivity index (χ4v) is 2.35. The summed E-state index contributed by atoms with van der Waals surface area (Å²) in [5.74, 6) is 5.01. The van der Waals surface area contributed by atoms with E-state index in [9.17, 15) is 4.79 Å². The predicted octanol–water partition coefficient (Wildman–Crippen LogP) is 0.875. The van der Waals surface area contributed by atoms with E-state index in [1.807, 2.05) is 6.92 Å². The highest BCUT2D eigenvalue weighted by Gasteiger charge is 2.28. The van der Waals surface area contributed by atoms with Crippen LogP contribution in [0.4, 0.5) is 0 Å². The number of amides is 1. The number of hydrogen-bond acceptors (Lipinski definition) is 3. The SMILES string of the molecule is CC(C(=O)NN)C(C)N(C)C1CCCC1. The molecule has 4 heteroatoms. The molecule has 2 unspecified atom stereocenters. The number of carbonyl (C=O) groups is 1. The zero-order valence-corrected chi connectivity index (χ0v) is 9.99. The molecule has 0 radical (unpaired) electrons. The van der Waals surface area contributed by atoms with Crippen LogP contribution in [-0.4, -0.2) is 29.9 Å². The van der Waals surface area contributed by atoms with Gasteiger partial charge in [-0.05, 0) is 26.8 Å². The first-order chi connectivity index (χ1) is 7.07. The molecular formula is C11H23N3O. The number of nitrogens with one attached hydrogen (secondary N) is 1. The minimum atomic E-state index is -0.0765. The summed E-state index contributed by atoms with van der Waals surface area (Å²) in [5, 5.41) is 0. The Morgan fingerprint density at radius 2 is 1.93 bits per heavy atom. The number of nitrogens with zero attached hydrogens (tertiary/aromatic N) is 1. The van der Waals surface area contributed by atoms with E-state index in [0.717, 1.165) is 0 Å². The minimum Gasteiger partial charge on any atom is -0.300 e.